The van der Waals surface area contributed by atoms with Crippen LogP contribution in [0.1, 0.15) is 64.7 Å². The van der Waals surface area contributed by atoms with Crippen molar-refractivity contribution in [2.75, 3.05) is 0 Å². The minimum Gasteiger partial charge on any atom is -1.00 e. The second-order valence-electron chi connectivity index (χ2n) is 9.90. The monoisotopic (exact) mass is 572 g/mol. The molecular formula is C29H36Cl2SiZr. The molecule has 174 valence electrons. The summed E-state index contributed by atoms with van der Waals surface area (Å²) in [6.45, 7) is 21.6. The van der Waals surface area contributed by atoms with E-state index in [4.69, 9.17) is 0 Å². The summed E-state index contributed by atoms with van der Waals surface area (Å²) in [5.41, 5.74) is 14.8. The van der Waals surface area contributed by atoms with E-state index < -0.39 is 20.4 Å². The fourth-order valence-corrected chi connectivity index (χ4v) is 25.7. The largest absolute Gasteiger partial charge is 1.00 e. The van der Waals surface area contributed by atoms with Crippen molar-refractivity contribution in [3.8, 4) is 0 Å². The minimum atomic E-state index is -1.93. The van der Waals surface area contributed by atoms with Crippen LogP contribution in [0.3, 0.4) is 0 Å². The van der Waals surface area contributed by atoms with Gasteiger partial charge < -0.3 is 24.8 Å². The molecule has 0 bridgehead atoms. The average Bonchev–Trinajstić information content (AvgIpc) is 3.15. The SMILES string of the molecule is CC1=C(C)C(C)[C]([Zr+2]([CH]2C=C(c3c(C)cc(C)cc3C)c3ccccc32)=[Si](C)C)=C1C.[Cl-].[Cl-]. The van der Waals surface area contributed by atoms with Crippen molar-refractivity contribution in [3.63, 3.8) is 0 Å². The molecule has 0 aliphatic heterocycles. The first-order valence-electron chi connectivity index (χ1n) is 11.6. The van der Waals surface area contributed by atoms with Gasteiger partial charge in [-0.15, -0.1) is 0 Å². The number of halogens is 2. The second-order valence-corrected chi connectivity index (χ2v) is 27.3. The van der Waals surface area contributed by atoms with E-state index in [0.717, 1.165) is 0 Å². The Morgan fingerprint density at radius 2 is 1.39 bits per heavy atom. The number of benzene rings is 2. The first-order chi connectivity index (χ1) is 14.6. The Hall–Kier alpha value is -0.660. The van der Waals surface area contributed by atoms with Crippen molar-refractivity contribution in [3.05, 3.63) is 95.9 Å². The van der Waals surface area contributed by atoms with E-state index in [1.54, 1.807) is 22.3 Å². The van der Waals surface area contributed by atoms with Crippen LogP contribution in [0.5, 0.6) is 0 Å². The molecule has 0 aromatic heterocycles. The minimum absolute atomic E-state index is 0. The summed E-state index contributed by atoms with van der Waals surface area (Å²) in [7, 11) is 0. The molecule has 0 N–H and O–H groups in total. The molecule has 0 amide bonds. The van der Waals surface area contributed by atoms with Gasteiger partial charge in [0, 0.05) is 0 Å². The van der Waals surface area contributed by atoms with Crippen LogP contribution < -0.4 is 24.8 Å². The van der Waals surface area contributed by atoms with E-state index in [1.807, 2.05) is 3.28 Å². The van der Waals surface area contributed by atoms with Gasteiger partial charge in [0.2, 0.25) is 0 Å². The number of allylic oxidation sites excluding steroid dienone is 5. The summed E-state index contributed by atoms with van der Waals surface area (Å²) < 4.78 is 2.58. The molecule has 2 aromatic rings. The van der Waals surface area contributed by atoms with Crippen LogP contribution in [0, 0.1) is 26.7 Å². The van der Waals surface area contributed by atoms with Crippen LogP contribution in [0.15, 0.2) is 62.5 Å². The third-order valence-corrected chi connectivity index (χ3v) is 26.2. The van der Waals surface area contributed by atoms with Crippen LogP contribution in [0.25, 0.3) is 5.57 Å². The predicted octanol–water partition coefficient (Wildman–Crippen LogP) is 2.24. The molecule has 33 heavy (non-hydrogen) atoms. The maximum absolute atomic E-state index is 2.72. The molecule has 0 radical (unpaired) electrons. The third-order valence-electron chi connectivity index (χ3n) is 7.65. The summed E-state index contributed by atoms with van der Waals surface area (Å²) >= 11 is -1.93. The molecule has 0 heterocycles. The Kier molecular flexibility index (Phi) is 9.48. The number of hydrogen-bond donors (Lipinski definition) is 0. The summed E-state index contributed by atoms with van der Waals surface area (Å²) in [6.07, 6.45) is 2.72. The normalized spacial score (nSPS) is 18.8. The molecule has 0 saturated carbocycles. The quantitative estimate of drug-likeness (QED) is 0.494. The Morgan fingerprint density at radius 1 is 0.818 bits per heavy atom. The van der Waals surface area contributed by atoms with Crippen LogP contribution in [-0.2, 0) is 20.4 Å². The average molecular weight is 575 g/mol. The molecular weight excluding hydrogens is 539 g/mol. The number of rotatable bonds is 3. The van der Waals surface area contributed by atoms with Crippen LogP contribution in [0.2, 0.25) is 13.1 Å². The first-order valence-corrected chi connectivity index (χ1v) is 20.4. The van der Waals surface area contributed by atoms with Crippen molar-refractivity contribution in [2.45, 2.75) is 65.2 Å². The van der Waals surface area contributed by atoms with E-state index in [0.29, 0.717) is 9.54 Å². The molecule has 2 aliphatic carbocycles. The summed E-state index contributed by atoms with van der Waals surface area (Å²) in [5.74, 6) is 0.654. The number of aryl methyl sites for hydroxylation is 3. The van der Waals surface area contributed by atoms with Gasteiger partial charge >= 0.3 is 198 Å². The van der Waals surface area contributed by atoms with Gasteiger partial charge in [-0.3, -0.25) is 0 Å². The third kappa shape index (κ3) is 4.88. The van der Waals surface area contributed by atoms with Gasteiger partial charge in [0.15, 0.2) is 0 Å². The summed E-state index contributed by atoms with van der Waals surface area (Å²) in [5, 5.41) is 0. The zero-order chi connectivity index (χ0) is 22.6. The van der Waals surface area contributed by atoms with Crippen molar-refractivity contribution >= 4 is 11.0 Å². The van der Waals surface area contributed by atoms with Gasteiger partial charge in [0.25, 0.3) is 0 Å². The van der Waals surface area contributed by atoms with E-state index >= 15 is 0 Å². The molecule has 4 rings (SSSR count). The van der Waals surface area contributed by atoms with E-state index in [-0.39, 0.29) is 30.2 Å². The van der Waals surface area contributed by atoms with Gasteiger partial charge in [-0.25, -0.2) is 0 Å². The number of fused-ring (bicyclic) bond motifs is 1. The zero-order valence-corrected chi connectivity index (χ0v) is 26.4. The fraction of sp³-hybridized carbons (Fsp3) is 0.379. The smallest absolute Gasteiger partial charge is 1.00 e. The molecule has 2 aliphatic rings. The molecule has 0 nitrogen and oxygen atoms in total. The summed E-state index contributed by atoms with van der Waals surface area (Å²) in [6, 6.07) is 14.0. The second kappa shape index (κ2) is 10.9. The Bertz CT molecular complexity index is 1200. The Morgan fingerprint density at radius 3 is 1.91 bits per heavy atom. The van der Waals surface area contributed by atoms with Crippen LogP contribution >= 0.6 is 0 Å². The van der Waals surface area contributed by atoms with Crippen molar-refractivity contribution in [2.24, 2.45) is 5.92 Å². The van der Waals surface area contributed by atoms with Crippen molar-refractivity contribution in [1.82, 2.24) is 0 Å². The molecule has 0 spiro atoms. The van der Waals surface area contributed by atoms with Crippen molar-refractivity contribution in [1.29, 1.82) is 0 Å². The van der Waals surface area contributed by atoms with Gasteiger partial charge in [0.1, 0.15) is 0 Å². The molecule has 0 saturated heterocycles. The molecule has 2 unspecified atom stereocenters. The van der Waals surface area contributed by atoms with Crippen molar-refractivity contribution < 1.29 is 45.2 Å². The Labute approximate surface area is 221 Å². The molecule has 2 aromatic carbocycles. The Balaban J connectivity index is 0.00000193. The first kappa shape index (κ1) is 28.6. The van der Waals surface area contributed by atoms with E-state index in [9.17, 15) is 0 Å². The predicted molar refractivity (Wildman–Crippen MR) is 135 cm³/mol. The summed E-state index contributed by atoms with van der Waals surface area (Å²) in [4.78, 5) is 0. The molecule has 0 fully saturated rings. The fourth-order valence-electron chi connectivity index (χ4n) is 5.97. The van der Waals surface area contributed by atoms with Gasteiger partial charge in [-0.2, -0.15) is 0 Å². The maximum Gasteiger partial charge on any atom is -1.00 e. The van der Waals surface area contributed by atoms with Gasteiger partial charge in [0.05, 0.1) is 0 Å². The number of hydrogen-bond acceptors (Lipinski definition) is 0. The zero-order valence-electron chi connectivity index (χ0n) is 21.5. The standard InChI is InChI=1S/C18H17.C9H13.C2H6Si.2ClH.Zr/c1-12-10-13(2)18(14(3)11-12)17-9-8-15-6-4-5-7-16(15)17;1-6-5-7(2)9(4)8(6)3;1-3-2;;;/h4-11H,1-3H3;6H,1-4H3;1-2H3;2*1H;/q;;;;;+2/p-2. The maximum atomic E-state index is 2.72. The topological polar surface area (TPSA) is 0 Å². The molecule has 2 atom stereocenters. The van der Waals surface area contributed by atoms with Gasteiger partial charge in [-0.1, -0.05) is 0 Å². The van der Waals surface area contributed by atoms with E-state index in [2.05, 4.69) is 104 Å². The molecule has 4 heteroatoms. The van der Waals surface area contributed by atoms with E-state index in [1.165, 1.54) is 33.4 Å². The van der Waals surface area contributed by atoms with Gasteiger partial charge in [-0.05, 0) is 0 Å². The van der Waals surface area contributed by atoms with Crippen LogP contribution in [-0.4, -0.2) is 5.43 Å². The van der Waals surface area contributed by atoms with Crippen LogP contribution in [0.4, 0.5) is 0 Å².